The van der Waals surface area contributed by atoms with E-state index in [1.54, 1.807) is 13.2 Å². The number of anilines is 4. The van der Waals surface area contributed by atoms with Crippen LogP contribution in [0.5, 0.6) is 5.75 Å². The van der Waals surface area contributed by atoms with Crippen LogP contribution >= 0.6 is 0 Å². The van der Waals surface area contributed by atoms with Gasteiger partial charge in [0.25, 0.3) is 0 Å². The molecule has 0 unspecified atom stereocenters. The van der Waals surface area contributed by atoms with Gasteiger partial charge in [-0.3, -0.25) is 15.6 Å². The Labute approximate surface area is 244 Å². The molecule has 218 valence electrons. The zero-order valence-corrected chi connectivity index (χ0v) is 24.3. The van der Waals surface area contributed by atoms with Crippen LogP contribution in [-0.2, 0) is 9.53 Å². The minimum atomic E-state index is -0.351. The van der Waals surface area contributed by atoms with Gasteiger partial charge in [0.05, 0.1) is 35.4 Å². The summed E-state index contributed by atoms with van der Waals surface area (Å²) in [6.45, 7) is 6.54. The van der Waals surface area contributed by atoms with Crippen molar-refractivity contribution in [3.8, 4) is 17.0 Å². The molecule has 0 atom stereocenters. The number of amides is 1. The number of methoxy groups -OCH3 is 1. The smallest absolute Gasteiger partial charge is 0.247 e. The van der Waals surface area contributed by atoms with Crippen molar-refractivity contribution >= 4 is 51.6 Å². The molecule has 42 heavy (non-hydrogen) atoms. The normalized spacial score (nSPS) is 10.8. The molecule has 5 N–H and O–H groups in total. The molecule has 0 spiro atoms. The third-order valence-corrected chi connectivity index (χ3v) is 6.43. The van der Waals surface area contributed by atoms with Crippen molar-refractivity contribution in [2.45, 2.75) is 6.92 Å². The van der Waals surface area contributed by atoms with Crippen LogP contribution in [-0.4, -0.2) is 78.9 Å². The van der Waals surface area contributed by atoms with E-state index in [0.717, 1.165) is 28.7 Å². The van der Waals surface area contributed by atoms with Gasteiger partial charge in [0.1, 0.15) is 5.75 Å². The van der Waals surface area contributed by atoms with Crippen LogP contribution in [0.4, 0.5) is 23.0 Å². The van der Waals surface area contributed by atoms with E-state index < -0.39 is 0 Å². The first-order chi connectivity index (χ1) is 20.1. The van der Waals surface area contributed by atoms with Gasteiger partial charge in [0.15, 0.2) is 5.90 Å². The van der Waals surface area contributed by atoms with E-state index in [-0.39, 0.29) is 23.7 Å². The number of H-pyrrole nitrogens is 1. The zero-order valence-electron chi connectivity index (χ0n) is 24.3. The summed E-state index contributed by atoms with van der Waals surface area (Å²) in [4.78, 5) is 28.9. The first-order valence-corrected chi connectivity index (χ1v) is 13.1. The molecule has 1 amide bonds. The van der Waals surface area contributed by atoms with Crippen molar-refractivity contribution in [2.24, 2.45) is 0 Å². The van der Waals surface area contributed by atoms with E-state index in [2.05, 4.69) is 32.1 Å². The number of hydrogen-bond acceptors (Lipinski definition) is 10. The second kappa shape index (κ2) is 13.0. The predicted octanol–water partition coefficient (Wildman–Crippen LogP) is 4.84. The number of aromatic nitrogens is 3. The Kier molecular flexibility index (Phi) is 9.18. The molecule has 12 nitrogen and oxygen atoms in total. The molecule has 0 saturated carbocycles. The fourth-order valence-electron chi connectivity index (χ4n) is 4.32. The standard InChI is InChI=1S/C30H35N9O3/c1-7-27(40)35-23-14-24(26(41-6)15-25(23)39(5)13-12-38(3)4)36-30-34-17-21(29(32)42-18(2)31)28(37-30)20-16-33-22-11-9-8-10-19(20)22/h7-11,14-17,31-33H,1,12-13H2,2-6H3,(H,35,40)(H,34,36,37). The summed E-state index contributed by atoms with van der Waals surface area (Å²) in [5.41, 5.74) is 4.23. The van der Waals surface area contributed by atoms with Gasteiger partial charge in [-0.15, -0.1) is 0 Å². The average molecular weight is 570 g/mol. The predicted molar refractivity (Wildman–Crippen MR) is 168 cm³/mol. The van der Waals surface area contributed by atoms with Gasteiger partial charge in [-0.1, -0.05) is 24.8 Å². The Morgan fingerprint density at radius 2 is 1.90 bits per heavy atom. The number of ether oxygens (including phenoxy) is 2. The molecule has 2 heterocycles. The van der Waals surface area contributed by atoms with Crippen LogP contribution in [0.25, 0.3) is 22.2 Å². The van der Waals surface area contributed by atoms with Crippen molar-refractivity contribution in [1.82, 2.24) is 19.9 Å². The van der Waals surface area contributed by atoms with Crippen molar-refractivity contribution in [2.75, 3.05) is 56.9 Å². The topological polar surface area (TPSA) is 155 Å². The van der Waals surface area contributed by atoms with Crippen LogP contribution in [0.1, 0.15) is 12.5 Å². The Balaban J connectivity index is 1.80. The SMILES string of the molecule is C=CC(=O)Nc1cc(Nc2ncc(C(=N)OC(C)=N)c(-c3c[nH]c4ccccc34)n2)c(OC)cc1N(C)CCN(C)C. The second-order valence-electron chi connectivity index (χ2n) is 9.80. The number of rotatable bonds is 11. The molecule has 0 bridgehead atoms. The Bertz CT molecular complexity index is 1640. The molecule has 0 aliphatic heterocycles. The summed E-state index contributed by atoms with van der Waals surface area (Å²) in [6.07, 6.45) is 4.50. The molecule has 4 rings (SSSR count). The largest absolute Gasteiger partial charge is 0.494 e. The maximum Gasteiger partial charge on any atom is 0.247 e. The molecule has 0 aliphatic carbocycles. The third kappa shape index (κ3) is 6.73. The van der Waals surface area contributed by atoms with Crippen molar-refractivity contribution < 1.29 is 14.3 Å². The maximum absolute atomic E-state index is 12.3. The average Bonchev–Trinajstić information content (AvgIpc) is 3.39. The van der Waals surface area contributed by atoms with Gasteiger partial charge >= 0.3 is 0 Å². The number of carbonyl (C=O) groups excluding carboxylic acids is 1. The summed E-state index contributed by atoms with van der Waals surface area (Å²) in [5, 5.41) is 23.1. The third-order valence-electron chi connectivity index (χ3n) is 6.43. The van der Waals surface area contributed by atoms with E-state index in [1.165, 1.54) is 19.2 Å². The molecule has 2 aromatic carbocycles. The number of hydrogen-bond donors (Lipinski definition) is 5. The van der Waals surface area contributed by atoms with E-state index in [9.17, 15) is 4.79 Å². The Hall–Kier alpha value is -5.23. The number of likely N-dealkylation sites (N-methyl/N-ethyl adjacent to an activating group) is 2. The second-order valence-corrected chi connectivity index (χ2v) is 9.80. The monoisotopic (exact) mass is 569 g/mol. The highest BCUT2D eigenvalue weighted by Gasteiger charge is 2.21. The van der Waals surface area contributed by atoms with Gasteiger partial charge in [0.2, 0.25) is 17.8 Å². The molecule has 0 saturated heterocycles. The van der Waals surface area contributed by atoms with Crippen molar-refractivity contribution in [3.05, 3.63) is 67.0 Å². The van der Waals surface area contributed by atoms with Crippen LogP contribution in [0.15, 0.2) is 61.4 Å². The number of fused-ring (bicyclic) bond motifs is 1. The molecular formula is C30H35N9O3. The molecule has 12 heteroatoms. The number of carbonyl (C=O) groups is 1. The lowest BCUT2D eigenvalue weighted by molar-refractivity contribution is -0.111. The van der Waals surface area contributed by atoms with Gasteiger partial charge in [0, 0.05) is 62.0 Å². The lowest BCUT2D eigenvalue weighted by Crippen LogP contribution is -2.29. The number of benzene rings is 2. The number of nitrogens with zero attached hydrogens (tertiary/aromatic N) is 4. The summed E-state index contributed by atoms with van der Waals surface area (Å²) >= 11 is 0. The summed E-state index contributed by atoms with van der Waals surface area (Å²) in [5.74, 6) is 0.0187. The van der Waals surface area contributed by atoms with Crippen molar-refractivity contribution in [1.29, 1.82) is 10.8 Å². The first-order valence-electron chi connectivity index (χ1n) is 13.1. The molecular weight excluding hydrogens is 534 g/mol. The first kappa shape index (κ1) is 29.7. The van der Waals surface area contributed by atoms with E-state index >= 15 is 0 Å². The fraction of sp³-hybridized carbons (Fsp3) is 0.233. The van der Waals surface area contributed by atoms with Crippen molar-refractivity contribution in [3.63, 3.8) is 0 Å². The van der Waals surface area contributed by atoms with E-state index in [0.29, 0.717) is 34.9 Å². The number of para-hydroxylation sites is 1. The van der Waals surface area contributed by atoms with E-state index in [1.807, 2.05) is 62.6 Å². The number of nitrogens with one attached hydrogen (secondary N) is 5. The van der Waals surface area contributed by atoms with Gasteiger partial charge in [-0.2, -0.15) is 0 Å². The zero-order chi connectivity index (χ0) is 30.4. The lowest BCUT2D eigenvalue weighted by Gasteiger charge is -2.26. The van der Waals surface area contributed by atoms with E-state index in [4.69, 9.17) is 25.3 Å². The molecule has 0 fully saturated rings. The van der Waals surface area contributed by atoms with Crippen LogP contribution < -0.4 is 20.3 Å². The van der Waals surface area contributed by atoms with Gasteiger partial charge in [-0.25, -0.2) is 9.97 Å². The van der Waals surface area contributed by atoms with Gasteiger partial charge < -0.3 is 34.9 Å². The Morgan fingerprint density at radius 3 is 2.60 bits per heavy atom. The maximum atomic E-state index is 12.3. The molecule has 0 radical (unpaired) electrons. The van der Waals surface area contributed by atoms with Crippen LogP contribution in [0.3, 0.4) is 0 Å². The van der Waals surface area contributed by atoms with Gasteiger partial charge in [-0.05, 0) is 32.3 Å². The Morgan fingerprint density at radius 1 is 1.14 bits per heavy atom. The summed E-state index contributed by atoms with van der Waals surface area (Å²) < 4.78 is 11.0. The summed E-state index contributed by atoms with van der Waals surface area (Å²) in [6, 6.07) is 11.3. The lowest BCUT2D eigenvalue weighted by atomic mass is 10.1. The minimum Gasteiger partial charge on any atom is -0.494 e. The highest BCUT2D eigenvalue weighted by molar-refractivity contribution is 6.06. The quantitative estimate of drug-likeness (QED) is 0.0976. The highest BCUT2D eigenvalue weighted by Crippen LogP contribution is 2.38. The van der Waals surface area contributed by atoms with Crippen LogP contribution in [0.2, 0.25) is 0 Å². The minimum absolute atomic E-state index is 0.124. The molecule has 2 aromatic heterocycles. The number of aromatic amines is 1. The molecule has 4 aromatic rings. The highest BCUT2D eigenvalue weighted by atomic mass is 16.5. The fourth-order valence-corrected chi connectivity index (χ4v) is 4.32. The molecule has 0 aliphatic rings. The summed E-state index contributed by atoms with van der Waals surface area (Å²) in [7, 11) is 7.50. The van der Waals surface area contributed by atoms with Crippen LogP contribution in [0, 0.1) is 10.8 Å².